The first kappa shape index (κ1) is 20.1. The molecule has 6 nitrogen and oxygen atoms in total. The van der Waals surface area contributed by atoms with Crippen LogP contribution in [0.2, 0.25) is 0 Å². The SMILES string of the molecule is CC(CN1CCN(c2ccccn2)CC1)NC(=O)c1ccc(-c2ccc(F)cc2)o1. The molecule has 1 N–H and O–H groups in total. The third-order valence-electron chi connectivity index (χ3n) is 5.21. The summed E-state index contributed by atoms with van der Waals surface area (Å²) in [6.45, 7) is 6.44. The normalized spacial score (nSPS) is 15.7. The molecule has 0 saturated carbocycles. The van der Waals surface area contributed by atoms with Gasteiger partial charge in [-0.05, 0) is 55.5 Å². The zero-order chi connectivity index (χ0) is 20.9. The standard InChI is InChI=1S/C23H25FN4O2/c1-17(16-27-12-14-28(15-13-27)22-4-2-3-11-25-22)26-23(29)21-10-9-20(30-21)18-5-7-19(24)8-6-18/h2-11,17H,12-16H2,1H3,(H,26,29). The zero-order valence-electron chi connectivity index (χ0n) is 16.9. The van der Waals surface area contributed by atoms with Crippen molar-refractivity contribution in [2.45, 2.75) is 13.0 Å². The first-order chi connectivity index (χ1) is 14.6. The van der Waals surface area contributed by atoms with Crippen LogP contribution in [-0.2, 0) is 0 Å². The second-order valence-electron chi connectivity index (χ2n) is 7.52. The third kappa shape index (κ3) is 4.86. The second kappa shape index (κ2) is 9.09. The molecule has 0 radical (unpaired) electrons. The molecule has 1 unspecified atom stereocenters. The number of anilines is 1. The molecule has 0 spiro atoms. The van der Waals surface area contributed by atoms with E-state index in [1.165, 1.54) is 12.1 Å². The van der Waals surface area contributed by atoms with Crippen LogP contribution in [0.4, 0.5) is 10.2 Å². The predicted molar refractivity (Wildman–Crippen MR) is 114 cm³/mol. The van der Waals surface area contributed by atoms with Gasteiger partial charge in [0.05, 0.1) is 0 Å². The van der Waals surface area contributed by atoms with Gasteiger partial charge in [0.15, 0.2) is 5.76 Å². The van der Waals surface area contributed by atoms with E-state index < -0.39 is 0 Å². The zero-order valence-corrected chi connectivity index (χ0v) is 16.9. The molecule has 3 aromatic rings. The first-order valence-electron chi connectivity index (χ1n) is 10.1. The third-order valence-corrected chi connectivity index (χ3v) is 5.21. The number of hydrogen-bond acceptors (Lipinski definition) is 5. The minimum absolute atomic E-state index is 0.0155. The van der Waals surface area contributed by atoms with Crippen molar-refractivity contribution in [2.75, 3.05) is 37.6 Å². The lowest BCUT2D eigenvalue weighted by molar-refractivity contribution is 0.0901. The molecule has 1 fully saturated rings. The fourth-order valence-corrected chi connectivity index (χ4v) is 3.66. The molecule has 1 aromatic carbocycles. The molecule has 0 bridgehead atoms. The quantitative estimate of drug-likeness (QED) is 0.677. The van der Waals surface area contributed by atoms with E-state index in [1.807, 2.05) is 31.3 Å². The number of aromatic nitrogens is 1. The number of piperazine rings is 1. The highest BCUT2D eigenvalue weighted by molar-refractivity contribution is 5.92. The summed E-state index contributed by atoms with van der Waals surface area (Å²) in [6.07, 6.45) is 1.81. The summed E-state index contributed by atoms with van der Waals surface area (Å²) in [5.74, 6) is 1.24. The average molecular weight is 408 g/mol. The van der Waals surface area contributed by atoms with Crippen molar-refractivity contribution in [3.63, 3.8) is 0 Å². The lowest BCUT2D eigenvalue weighted by Crippen LogP contribution is -2.51. The predicted octanol–water partition coefficient (Wildman–Crippen LogP) is 3.42. The number of furan rings is 1. The Balaban J connectivity index is 1.27. The molecular formula is C23H25FN4O2. The van der Waals surface area contributed by atoms with Crippen molar-refractivity contribution >= 4 is 11.7 Å². The molecule has 1 aliphatic rings. The topological polar surface area (TPSA) is 61.6 Å². The van der Waals surface area contributed by atoms with Crippen molar-refractivity contribution in [2.24, 2.45) is 0 Å². The molecule has 3 heterocycles. The van der Waals surface area contributed by atoms with Crippen LogP contribution in [0.5, 0.6) is 0 Å². The Bertz CT molecular complexity index is 966. The Morgan fingerprint density at radius 1 is 1.10 bits per heavy atom. The van der Waals surface area contributed by atoms with Crippen LogP contribution in [0.15, 0.2) is 65.2 Å². The Morgan fingerprint density at radius 3 is 2.57 bits per heavy atom. The van der Waals surface area contributed by atoms with Crippen molar-refractivity contribution in [1.29, 1.82) is 0 Å². The lowest BCUT2D eigenvalue weighted by Gasteiger charge is -2.36. The smallest absolute Gasteiger partial charge is 0.287 e. The maximum atomic E-state index is 13.1. The summed E-state index contributed by atoms with van der Waals surface area (Å²) in [5, 5.41) is 3.00. The molecule has 7 heteroatoms. The van der Waals surface area contributed by atoms with E-state index in [2.05, 4.69) is 20.1 Å². The first-order valence-corrected chi connectivity index (χ1v) is 10.1. The summed E-state index contributed by atoms with van der Waals surface area (Å²) in [5.41, 5.74) is 0.731. The molecule has 2 aromatic heterocycles. The molecule has 30 heavy (non-hydrogen) atoms. The van der Waals surface area contributed by atoms with E-state index >= 15 is 0 Å². The van der Waals surface area contributed by atoms with Crippen LogP contribution in [0.1, 0.15) is 17.5 Å². The van der Waals surface area contributed by atoms with Gasteiger partial charge in [-0.3, -0.25) is 9.69 Å². The van der Waals surface area contributed by atoms with E-state index in [0.717, 1.165) is 44.1 Å². The minimum atomic E-state index is -0.307. The molecule has 1 amide bonds. The molecule has 1 aliphatic heterocycles. The number of benzene rings is 1. The summed E-state index contributed by atoms with van der Waals surface area (Å²) in [7, 11) is 0. The fraction of sp³-hybridized carbons (Fsp3) is 0.304. The van der Waals surface area contributed by atoms with Gasteiger partial charge in [0, 0.05) is 50.5 Å². The molecule has 0 aliphatic carbocycles. The van der Waals surface area contributed by atoms with Gasteiger partial charge in [-0.1, -0.05) is 6.07 Å². The number of amides is 1. The van der Waals surface area contributed by atoms with Gasteiger partial charge in [0.1, 0.15) is 17.4 Å². The highest BCUT2D eigenvalue weighted by Crippen LogP contribution is 2.22. The van der Waals surface area contributed by atoms with Crippen LogP contribution in [0, 0.1) is 5.82 Å². The lowest BCUT2D eigenvalue weighted by atomic mass is 10.2. The summed E-state index contributed by atoms with van der Waals surface area (Å²) in [6, 6.07) is 15.3. The highest BCUT2D eigenvalue weighted by atomic mass is 19.1. The number of carbonyl (C=O) groups is 1. The van der Waals surface area contributed by atoms with Crippen LogP contribution in [-0.4, -0.2) is 54.6 Å². The van der Waals surface area contributed by atoms with E-state index in [0.29, 0.717) is 5.76 Å². The monoisotopic (exact) mass is 408 g/mol. The van der Waals surface area contributed by atoms with Crippen LogP contribution < -0.4 is 10.2 Å². The average Bonchev–Trinajstić information content (AvgIpc) is 3.26. The minimum Gasteiger partial charge on any atom is -0.451 e. The number of carbonyl (C=O) groups excluding carboxylic acids is 1. The molecule has 1 atom stereocenters. The number of nitrogens with zero attached hydrogens (tertiary/aromatic N) is 3. The van der Waals surface area contributed by atoms with Gasteiger partial charge in [-0.25, -0.2) is 9.37 Å². The Morgan fingerprint density at radius 2 is 1.87 bits per heavy atom. The number of halogens is 1. The van der Waals surface area contributed by atoms with Gasteiger partial charge in [0.2, 0.25) is 0 Å². The largest absolute Gasteiger partial charge is 0.451 e. The van der Waals surface area contributed by atoms with E-state index in [9.17, 15) is 9.18 Å². The molecule has 156 valence electrons. The number of nitrogens with one attached hydrogen (secondary N) is 1. The molecular weight excluding hydrogens is 383 g/mol. The molecule has 4 rings (SSSR count). The highest BCUT2D eigenvalue weighted by Gasteiger charge is 2.21. The van der Waals surface area contributed by atoms with Gasteiger partial charge in [0.25, 0.3) is 5.91 Å². The van der Waals surface area contributed by atoms with Gasteiger partial charge >= 0.3 is 0 Å². The van der Waals surface area contributed by atoms with Crippen molar-refractivity contribution < 1.29 is 13.6 Å². The van der Waals surface area contributed by atoms with Gasteiger partial charge < -0.3 is 14.6 Å². The Labute approximate surface area is 175 Å². The van der Waals surface area contributed by atoms with E-state index in [-0.39, 0.29) is 23.5 Å². The summed E-state index contributed by atoms with van der Waals surface area (Å²) in [4.78, 5) is 21.6. The van der Waals surface area contributed by atoms with Gasteiger partial charge in [-0.15, -0.1) is 0 Å². The fourth-order valence-electron chi connectivity index (χ4n) is 3.66. The maximum Gasteiger partial charge on any atom is 0.287 e. The Kier molecular flexibility index (Phi) is 6.09. The van der Waals surface area contributed by atoms with E-state index in [4.69, 9.17) is 4.42 Å². The van der Waals surface area contributed by atoms with Crippen LogP contribution in [0.25, 0.3) is 11.3 Å². The van der Waals surface area contributed by atoms with E-state index in [1.54, 1.807) is 24.3 Å². The van der Waals surface area contributed by atoms with Crippen molar-refractivity contribution in [3.05, 3.63) is 72.4 Å². The maximum absolute atomic E-state index is 13.1. The van der Waals surface area contributed by atoms with Crippen molar-refractivity contribution in [1.82, 2.24) is 15.2 Å². The van der Waals surface area contributed by atoms with Gasteiger partial charge in [-0.2, -0.15) is 0 Å². The molecule has 1 saturated heterocycles. The second-order valence-corrected chi connectivity index (χ2v) is 7.52. The number of pyridine rings is 1. The van der Waals surface area contributed by atoms with Crippen molar-refractivity contribution in [3.8, 4) is 11.3 Å². The number of rotatable bonds is 6. The Hall–Kier alpha value is -3.19. The van der Waals surface area contributed by atoms with Crippen LogP contribution in [0.3, 0.4) is 0 Å². The number of hydrogen-bond donors (Lipinski definition) is 1. The summed E-state index contributed by atoms with van der Waals surface area (Å²) >= 11 is 0. The van der Waals surface area contributed by atoms with Crippen LogP contribution >= 0.6 is 0 Å². The summed E-state index contributed by atoms with van der Waals surface area (Å²) < 4.78 is 18.7.